The van der Waals surface area contributed by atoms with Crippen molar-refractivity contribution in [2.45, 2.75) is 56.4 Å². The molecule has 148 valence electrons. The number of nitrogens with zero attached hydrogens (tertiary/aromatic N) is 1. The van der Waals surface area contributed by atoms with E-state index in [2.05, 4.69) is 17.0 Å². The molecule has 1 aromatic rings. The van der Waals surface area contributed by atoms with Gasteiger partial charge >= 0.3 is 0 Å². The molecule has 2 aliphatic rings. The quantitative estimate of drug-likeness (QED) is 0.770. The predicted octanol–water partition coefficient (Wildman–Crippen LogP) is 1.79. The topological polar surface area (TPSA) is 95.6 Å². The highest BCUT2D eigenvalue weighted by Gasteiger charge is 2.24. The van der Waals surface area contributed by atoms with Gasteiger partial charge in [-0.25, -0.2) is 13.1 Å². The van der Waals surface area contributed by atoms with Gasteiger partial charge in [0, 0.05) is 24.7 Å². The normalized spacial score (nSPS) is 23.4. The minimum atomic E-state index is -3.78. The number of carbonyl (C=O) groups excluding carboxylic acids is 2. The Morgan fingerprint density at radius 1 is 1.15 bits per heavy atom. The maximum absolute atomic E-state index is 12.4. The van der Waals surface area contributed by atoms with Crippen molar-refractivity contribution in [2.24, 2.45) is 5.92 Å². The Kier molecular flexibility index (Phi) is 6.16. The maximum Gasteiger partial charge on any atom is 0.241 e. The number of nitrogens with one attached hydrogen (secondary N) is 2. The Labute approximate surface area is 160 Å². The second-order valence-electron chi connectivity index (χ2n) is 7.40. The molecule has 1 heterocycles. The molecule has 0 bridgehead atoms. The lowest BCUT2D eigenvalue weighted by molar-refractivity contribution is -0.121. The van der Waals surface area contributed by atoms with Crippen LogP contribution in [0.2, 0.25) is 0 Å². The zero-order valence-electron chi connectivity index (χ0n) is 15.6. The van der Waals surface area contributed by atoms with Crippen molar-refractivity contribution in [3.63, 3.8) is 0 Å². The van der Waals surface area contributed by atoms with Crippen LogP contribution in [-0.2, 0) is 19.6 Å². The second kappa shape index (κ2) is 8.39. The number of amides is 2. The van der Waals surface area contributed by atoms with Gasteiger partial charge in [0.15, 0.2) is 0 Å². The van der Waals surface area contributed by atoms with Crippen molar-refractivity contribution in [2.75, 3.05) is 18.0 Å². The van der Waals surface area contributed by atoms with Crippen LogP contribution in [0.15, 0.2) is 29.2 Å². The number of benzene rings is 1. The van der Waals surface area contributed by atoms with Crippen molar-refractivity contribution >= 4 is 27.5 Å². The second-order valence-corrected chi connectivity index (χ2v) is 9.17. The van der Waals surface area contributed by atoms with Gasteiger partial charge in [0.2, 0.25) is 21.8 Å². The van der Waals surface area contributed by atoms with Gasteiger partial charge in [0.25, 0.3) is 0 Å². The zero-order chi connectivity index (χ0) is 19.4. The molecule has 1 saturated carbocycles. The summed E-state index contributed by atoms with van der Waals surface area (Å²) >= 11 is 0. The lowest BCUT2D eigenvalue weighted by atomic mass is 9.86. The van der Waals surface area contributed by atoms with Gasteiger partial charge in [0.1, 0.15) is 0 Å². The molecule has 7 nitrogen and oxygen atoms in total. The van der Waals surface area contributed by atoms with E-state index in [9.17, 15) is 18.0 Å². The highest BCUT2D eigenvalue weighted by atomic mass is 32.2. The number of sulfonamides is 1. The summed E-state index contributed by atoms with van der Waals surface area (Å²) in [7, 11) is -3.78. The largest absolute Gasteiger partial charge is 0.352 e. The lowest BCUT2D eigenvalue weighted by Crippen LogP contribution is -2.45. The Bertz CT molecular complexity index is 792. The standard InChI is InChI=1S/C19H27N3O4S/c1-14-5-2-3-6-17(14)21-18(23)13-20-27(25,26)16-10-8-15(9-11-16)22-12-4-7-19(22)24/h8-11,14,17,20H,2-7,12-13H2,1H3,(H,21,23)/t14-,17-/m0/s1. The van der Waals surface area contributed by atoms with E-state index in [0.29, 0.717) is 24.6 Å². The van der Waals surface area contributed by atoms with Crippen LogP contribution in [-0.4, -0.2) is 39.4 Å². The zero-order valence-corrected chi connectivity index (χ0v) is 16.4. The fourth-order valence-electron chi connectivity index (χ4n) is 3.76. The average molecular weight is 394 g/mol. The van der Waals surface area contributed by atoms with E-state index in [-0.39, 0.29) is 29.3 Å². The number of hydrogen-bond acceptors (Lipinski definition) is 4. The predicted molar refractivity (Wildman–Crippen MR) is 103 cm³/mol. The van der Waals surface area contributed by atoms with Crippen LogP contribution in [0.1, 0.15) is 45.4 Å². The van der Waals surface area contributed by atoms with Gasteiger partial charge in [0.05, 0.1) is 11.4 Å². The van der Waals surface area contributed by atoms with Gasteiger partial charge in [-0.05, 0) is 49.4 Å². The number of anilines is 1. The summed E-state index contributed by atoms with van der Waals surface area (Å²) in [5, 5.41) is 2.93. The van der Waals surface area contributed by atoms with Crippen molar-refractivity contribution < 1.29 is 18.0 Å². The summed E-state index contributed by atoms with van der Waals surface area (Å²) in [4.78, 5) is 25.6. The van der Waals surface area contributed by atoms with Crippen LogP contribution in [0.4, 0.5) is 5.69 Å². The molecular formula is C19H27N3O4S. The molecule has 2 fully saturated rings. The number of rotatable bonds is 6. The van der Waals surface area contributed by atoms with Gasteiger partial charge in [-0.1, -0.05) is 19.8 Å². The van der Waals surface area contributed by atoms with E-state index < -0.39 is 10.0 Å². The Hall–Kier alpha value is -1.93. The summed E-state index contributed by atoms with van der Waals surface area (Å²) < 4.78 is 27.2. The molecule has 2 amide bonds. The lowest BCUT2D eigenvalue weighted by Gasteiger charge is -2.29. The number of hydrogen-bond donors (Lipinski definition) is 2. The summed E-state index contributed by atoms with van der Waals surface area (Å²) in [5.74, 6) is 0.161. The van der Waals surface area contributed by atoms with Crippen LogP contribution < -0.4 is 14.9 Å². The first kappa shape index (κ1) is 19.8. The molecule has 0 radical (unpaired) electrons. The SMILES string of the molecule is C[C@H]1CCCC[C@@H]1NC(=O)CNS(=O)(=O)c1ccc(N2CCCC2=O)cc1. The Morgan fingerprint density at radius 3 is 2.48 bits per heavy atom. The molecule has 0 spiro atoms. The fourth-order valence-corrected chi connectivity index (χ4v) is 4.74. The van der Waals surface area contributed by atoms with Crippen LogP contribution >= 0.6 is 0 Å². The minimum absolute atomic E-state index is 0.0531. The van der Waals surface area contributed by atoms with E-state index >= 15 is 0 Å². The van der Waals surface area contributed by atoms with Crippen molar-refractivity contribution in [3.8, 4) is 0 Å². The van der Waals surface area contributed by atoms with E-state index in [1.165, 1.54) is 18.6 Å². The van der Waals surface area contributed by atoms with E-state index in [4.69, 9.17) is 0 Å². The van der Waals surface area contributed by atoms with Gasteiger partial charge in [-0.3, -0.25) is 9.59 Å². The monoisotopic (exact) mass is 393 g/mol. The van der Waals surface area contributed by atoms with E-state index in [1.807, 2.05) is 0 Å². The average Bonchev–Trinajstić information content (AvgIpc) is 3.08. The van der Waals surface area contributed by atoms with Crippen molar-refractivity contribution in [1.29, 1.82) is 0 Å². The first-order chi connectivity index (χ1) is 12.9. The molecule has 1 aromatic carbocycles. The molecule has 0 aromatic heterocycles. The molecule has 1 aliphatic heterocycles. The molecular weight excluding hydrogens is 366 g/mol. The first-order valence-corrected chi connectivity index (χ1v) is 11.0. The molecule has 1 aliphatic carbocycles. The fraction of sp³-hybridized carbons (Fsp3) is 0.579. The first-order valence-electron chi connectivity index (χ1n) is 9.56. The third-order valence-electron chi connectivity index (χ3n) is 5.41. The molecule has 27 heavy (non-hydrogen) atoms. The van der Waals surface area contributed by atoms with Crippen LogP contribution in [0.5, 0.6) is 0 Å². The molecule has 0 unspecified atom stereocenters. The molecule has 2 atom stereocenters. The highest BCUT2D eigenvalue weighted by Crippen LogP contribution is 2.24. The van der Waals surface area contributed by atoms with Gasteiger partial charge < -0.3 is 10.2 Å². The molecule has 1 saturated heterocycles. The van der Waals surface area contributed by atoms with Crippen LogP contribution in [0, 0.1) is 5.92 Å². The summed E-state index contributed by atoms with van der Waals surface area (Å²) in [6, 6.07) is 6.30. The number of carbonyl (C=O) groups is 2. The van der Waals surface area contributed by atoms with Gasteiger partial charge in [-0.2, -0.15) is 0 Å². The van der Waals surface area contributed by atoms with Crippen LogP contribution in [0.3, 0.4) is 0 Å². The molecule has 8 heteroatoms. The summed E-state index contributed by atoms with van der Waals surface area (Å²) in [5.41, 5.74) is 0.695. The maximum atomic E-state index is 12.4. The molecule has 2 N–H and O–H groups in total. The Balaban J connectivity index is 1.56. The highest BCUT2D eigenvalue weighted by molar-refractivity contribution is 7.89. The summed E-state index contributed by atoms with van der Waals surface area (Å²) in [6.07, 6.45) is 5.64. The smallest absolute Gasteiger partial charge is 0.241 e. The van der Waals surface area contributed by atoms with Crippen molar-refractivity contribution in [1.82, 2.24) is 10.0 Å². The minimum Gasteiger partial charge on any atom is -0.352 e. The van der Waals surface area contributed by atoms with Gasteiger partial charge in [-0.15, -0.1) is 0 Å². The third kappa shape index (κ3) is 4.87. The summed E-state index contributed by atoms with van der Waals surface area (Å²) in [6.45, 7) is 2.49. The van der Waals surface area contributed by atoms with E-state index in [1.54, 1.807) is 17.0 Å². The van der Waals surface area contributed by atoms with E-state index in [0.717, 1.165) is 25.7 Å². The van der Waals surface area contributed by atoms with Crippen molar-refractivity contribution in [3.05, 3.63) is 24.3 Å². The third-order valence-corrected chi connectivity index (χ3v) is 6.83. The Morgan fingerprint density at radius 2 is 1.85 bits per heavy atom. The van der Waals surface area contributed by atoms with Crippen LogP contribution in [0.25, 0.3) is 0 Å². The molecule has 3 rings (SSSR count).